The van der Waals surface area contributed by atoms with Crippen LogP contribution >= 0.6 is 0 Å². The summed E-state index contributed by atoms with van der Waals surface area (Å²) in [5.41, 5.74) is 6.40. The van der Waals surface area contributed by atoms with Crippen molar-refractivity contribution in [3.05, 3.63) is 0 Å². The molecule has 2 saturated carbocycles. The molecule has 2 unspecified atom stereocenters. The smallest absolute Gasteiger partial charge is 0.00432 e. The lowest BCUT2D eigenvalue weighted by molar-refractivity contribution is 0.381. The molecule has 2 fully saturated rings. The molecular weight excluding hydrogens is 122 g/mol. The zero-order chi connectivity index (χ0) is 7.19. The van der Waals surface area contributed by atoms with E-state index in [-0.39, 0.29) is 0 Å². The Kier molecular flexibility index (Phi) is 1.31. The van der Waals surface area contributed by atoms with E-state index in [4.69, 9.17) is 5.73 Å². The highest BCUT2D eigenvalue weighted by atomic mass is 14.7. The van der Waals surface area contributed by atoms with Gasteiger partial charge in [-0.1, -0.05) is 6.92 Å². The summed E-state index contributed by atoms with van der Waals surface area (Å²) in [4.78, 5) is 0. The molecule has 2 atom stereocenters. The summed E-state index contributed by atoms with van der Waals surface area (Å²) in [5.74, 6) is 1.97. The maximum absolute atomic E-state index is 5.65. The summed E-state index contributed by atoms with van der Waals surface area (Å²) >= 11 is 0. The first kappa shape index (κ1) is 6.66. The molecule has 2 rings (SSSR count). The third-order valence-corrected chi connectivity index (χ3v) is 3.61. The van der Waals surface area contributed by atoms with Crippen LogP contribution in [0.25, 0.3) is 0 Å². The number of hydrogen-bond acceptors (Lipinski definition) is 1. The number of rotatable bonds is 3. The fourth-order valence-corrected chi connectivity index (χ4v) is 2.60. The molecule has 0 bridgehead atoms. The Labute approximate surface area is 63.0 Å². The molecule has 0 radical (unpaired) electrons. The van der Waals surface area contributed by atoms with E-state index in [1.807, 2.05) is 0 Å². The van der Waals surface area contributed by atoms with Crippen LogP contribution in [0, 0.1) is 17.3 Å². The minimum atomic E-state index is 0.745. The lowest BCUT2D eigenvalue weighted by Gasteiger charge is -2.11. The molecule has 10 heavy (non-hydrogen) atoms. The highest BCUT2D eigenvalue weighted by Crippen LogP contribution is 2.66. The average molecular weight is 139 g/mol. The van der Waals surface area contributed by atoms with Gasteiger partial charge in [0.05, 0.1) is 0 Å². The fourth-order valence-electron chi connectivity index (χ4n) is 2.60. The normalized spacial score (nSPS) is 45.6. The Morgan fingerprint density at radius 1 is 1.50 bits per heavy atom. The molecule has 0 spiro atoms. The van der Waals surface area contributed by atoms with Crippen molar-refractivity contribution in [2.75, 3.05) is 6.54 Å². The molecule has 2 N–H and O–H groups in total. The lowest BCUT2D eigenvalue weighted by Crippen LogP contribution is -2.12. The minimum absolute atomic E-state index is 0.745. The fraction of sp³-hybridized carbons (Fsp3) is 1.00. The van der Waals surface area contributed by atoms with Gasteiger partial charge in [-0.15, -0.1) is 0 Å². The average Bonchev–Trinajstić information content (AvgIpc) is 2.83. The molecule has 0 heterocycles. The Balaban J connectivity index is 1.98. The monoisotopic (exact) mass is 139 g/mol. The van der Waals surface area contributed by atoms with E-state index < -0.39 is 0 Å². The largest absolute Gasteiger partial charge is 0.330 e. The van der Waals surface area contributed by atoms with Gasteiger partial charge in [-0.3, -0.25) is 0 Å². The van der Waals surface area contributed by atoms with Gasteiger partial charge in [-0.2, -0.15) is 0 Å². The zero-order valence-corrected chi connectivity index (χ0v) is 6.77. The summed E-state index contributed by atoms with van der Waals surface area (Å²) in [6, 6.07) is 0. The zero-order valence-electron chi connectivity index (χ0n) is 6.77. The van der Waals surface area contributed by atoms with Crippen molar-refractivity contribution in [1.82, 2.24) is 0 Å². The molecule has 1 nitrogen and oxygen atoms in total. The molecule has 0 amide bonds. The lowest BCUT2D eigenvalue weighted by atomic mass is 9.94. The van der Waals surface area contributed by atoms with Crippen molar-refractivity contribution < 1.29 is 0 Å². The third-order valence-electron chi connectivity index (χ3n) is 3.61. The highest BCUT2D eigenvalue weighted by molar-refractivity contribution is 5.09. The van der Waals surface area contributed by atoms with Crippen LogP contribution in [0.15, 0.2) is 0 Å². The molecule has 0 aliphatic heterocycles. The Morgan fingerprint density at radius 2 is 2.20 bits per heavy atom. The molecule has 2 aliphatic rings. The van der Waals surface area contributed by atoms with Crippen molar-refractivity contribution in [1.29, 1.82) is 0 Å². The van der Waals surface area contributed by atoms with Gasteiger partial charge in [0, 0.05) is 0 Å². The maximum Gasteiger partial charge on any atom is -0.00432 e. The van der Waals surface area contributed by atoms with Crippen LogP contribution in [-0.2, 0) is 0 Å². The first-order valence-corrected chi connectivity index (χ1v) is 4.53. The van der Waals surface area contributed by atoms with Gasteiger partial charge in [-0.05, 0) is 49.5 Å². The summed E-state index contributed by atoms with van der Waals surface area (Å²) < 4.78 is 0. The second-order valence-corrected chi connectivity index (χ2v) is 4.00. The van der Waals surface area contributed by atoms with E-state index in [0.29, 0.717) is 0 Å². The first-order chi connectivity index (χ1) is 4.83. The Morgan fingerprint density at radius 3 is 2.50 bits per heavy atom. The van der Waals surface area contributed by atoms with Crippen LogP contribution in [-0.4, -0.2) is 6.54 Å². The Hall–Kier alpha value is -0.0400. The van der Waals surface area contributed by atoms with Crippen molar-refractivity contribution >= 4 is 0 Å². The predicted octanol–water partition coefficient (Wildman–Crippen LogP) is 1.77. The van der Waals surface area contributed by atoms with E-state index in [2.05, 4.69) is 6.92 Å². The minimum Gasteiger partial charge on any atom is -0.330 e. The van der Waals surface area contributed by atoms with Gasteiger partial charge < -0.3 is 5.73 Å². The predicted molar refractivity (Wildman–Crippen MR) is 42.6 cm³/mol. The second kappa shape index (κ2) is 1.97. The van der Waals surface area contributed by atoms with Crippen molar-refractivity contribution in [3.8, 4) is 0 Å². The standard InChI is InChI=1S/C9H17N/c1-2-9(7-3-4-7)5-8(9)6-10/h7-8H,2-6,10H2,1H3. The van der Waals surface area contributed by atoms with Crippen LogP contribution in [0.5, 0.6) is 0 Å². The molecular formula is C9H17N. The van der Waals surface area contributed by atoms with E-state index in [0.717, 1.165) is 23.8 Å². The van der Waals surface area contributed by atoms with Gasteiger partial charge in [0.15, 0.2) is 0 Å². The van der Waals surface area contributed by atoms with Gasteiger partial charge in [0.25, 0.3) is 0 Å². The molecule has 2 aliphatic carbocycles. The van der Waals surface area contributed by atoms with Crippen LogP contribution in [0.4, 0.5) is 0 Å². The third kappa shape index (κ3) is 0.731. The molecule has 0 aromatic carbocycles. The van der Waals surface area contributed by atoms with Gasteiger partial charge in [-0.25, -0.2) is 0 Å². The van der Waals surface area contributed by atoms with Crippen molar-refractivity contribution in [2.24, 2.45) is 23.0 Å². The van der Waals surface area contributed by atoms with Crippen molar-refractivity contribution in [3.63, 3.8) is 0 Å². The molecule has 0 aromatic heterocycles. The van der Waals surface area contributed by atoms with Gasteiger partial charge in [0.1, 0.15) is 0 Å². The van der Waals surface area contributed by atoms with Crippen LogP contribution in [0.2, 0.25) is 0 Å². The van der Waals surface area contributed by atoms with E-state index >= 15 is 0 Å². The van der Waals surface area contributed by atoms with E-state index in [9.17, 15) is 0 Å². The van der Waals surface area contributed by atoms with Crippen LogP contribution in [0.3, 0.4) is 0 Å². The quantitative estimate of drug-likeness (QED) is 0.633. The van der Waals surface area contributed by atoms with Crippen LogP contribution < -0.4 is 5.73 Å². The summed E-state index contributed by atoms with van der Waals surface area (Å²) in [6.45, 7) is 3.26. The van der Waals surface area contributed by atoms with E-state index in [1.54, 1.807) is 0 Å². The molecule has 0 saturated heterocycles. The second-order valence-electron chi connectivity index (χ2n) is 4.00. The first-order valence-electron chi connectivity index (χ1n) is 4.53. The number of hydrogen-bond donors (Lipinski definition) is 1. The summed E-state index contributed by atoms with van der Waals surface area (Å²) in [6.07, 6.45) is 5.79. The summed E-state index contributed by atoms with van der Waals surface area (Å²) in [5, 5.41) is 0. The number of nitrogens with two attached hydrogens (primary N) is 1. The summed E-state index contributed by atoms with van der Waals surface area (Å²) in [7, 11) is 0. The topological polar surface area (TPSA) is 26.0 Å². The molecule has 58 valence electrons. The highest BCUT2D eigenvalue weighted by Gasteiger charge is 2.59. The SMILES string of the molecule is CCC1(C2CC2)CC1CN. The van der Waals surface area contributed by atoms with Crippen LogP contribution in [0.1, 0.15) is 32.6 Å². The van der Waals surface area contributed by atoms with E-state index in [1.165, 1.54) is 25.7 Å². The van der Waals surface area contributed by atoms with Crippen molar-refractivity contribution in [2.45, 2.75) is 32.6 Å². The molecule has 1 heteroatoms. The Bertz CT molecular complexity index is 140. The molecule has 0 aromatic rings. The van der Waals surface area contributed by atoms with Gasteiger partial charge in [0.2, 0.25) is 0 Å². The maximum atomic E-state index is 5.65. The van der Waals surface area contributed by atoms with Gasteiger partial charge >= 0.3 is 0 Å².